The summed E-state index contributed by atoms with van der Waals surface area (Å²) in [5.41, 5.74) is -0.318. The van der Waals surface area contributed by atoms with E-state index in [0.29, 0.717) is 6.61 Å². The molecule has 8 heteroatoms. The SMILES string of the molecule is CC1(c2ccccc2)OC[C@H]2SC(n3ccc(=O)[nH]c3=O)[C@H](F)[C@@H]2O1. The van der Waals surface area contributed by atoms with Crippen LogP contribution in [0.3, 0.4) is 0 Å². The number of benzene rings is 1. The molecule has 0 amide bonds. The van der Waals surface area contributed by atoms with Gasteiger partial charge >= 0.3 is 5.69 Å². The van der Waals surface area contributed by atoms with Gasteiger partial charge in [0, 0.05) is 17.8 Å². The molecule has 0 spiro atoms. The highest BCUT2D eigenvalue weighted by Gasteiger charge is 2.53. The van der Waals surface area contributed by atoms with E-state index in [-0.39, 0.29) is 5.25 Å². The molecule has 2 saturated heterocycles. The molecule has 132 valence electrons. The maximum atomic E-state index is 15.1. The van der Waals surface area contributed by atoms with Gasteiger partial charge in [0.2, 0.25) is 0 Å². The van der Waals surface area contributed by atoms with Crippen LogP contribution in [-0.4, -0.2) is 33.7 Å². The molecular weight excluding hydrogens is 347 g/mol. The molecule has 2 aromatic rings. The number of ether oxygens (including phenoxy) is 2. The minimum atomic E-state index is -1.40. The molecule has 4 rings (SSSR count). The van der Waals surface area contributed by atoms with Crippen molar-refractivity contribution in [1.29, 1.82) is 0 Å². The van der Waals surface area contributed by atoms with Gasteiger partial charge in [0.1, 0.15) is 11.5 Å². The number of H-pyrrole nitrogens is 1. The molecule has 2 aliphatic rings. The van der Waals surface area contributed by atoms with Crippen LogP contribution in [0.1, 0.15) is 17.9 Å². The van der Waals surface area contributed by atoms with Crippen LogP contribution in [0.2, 0.25) is 0 Å². The topological polar surface area (TPSA) is 73.3 Å². The average molecular weight is 364 g/mol. The van der Waals surface area contributed by atoms with Gasteiger partial charge in [-0.15, -0.1) is 11.8 Å². The first-order valence-corrected chi connectivity index (χ1v) is 8.90. The van der Waals surface area contributed by atoms with E-state index in [2.05, 4.69) is 4.98 Å². The number of hydrogen-bond donors (Lipinski definition) is 1. The van der Waals surface area contributed by atoms with E-state index in [1.54, 1.807) is 6.92 Å². The van der Waals surface area contributed by atoms with E-state index < -0.39 is 34.7 Å². The molecule has 2 unspecified atom stereocenters. The number of halogens is 1. The molecule has 1 aromatic heterocycles. The lowest BCUT2D eigenvalue weighted by Gasteiger charge is -2.40. The monoisotopic (exact) mass is 364 g/mol. The van der Waals surface area contributed by atoms with E-state index in [1.807, 2.05) is 30.3 Å². The molecule has 2 aliphatic heterocycles. The Bertz CT molecular complexity index is 886. The summed E-state index contributed by atoms with van der Waals surface area (Å²) < 4.78 is 28.2. The Balaban J connectivity index is 1.62. The van der Waals surface area contributed by atoms with Crippen molar-refractivity contribution in [2.24, 2.45) is 0 Å². The van der Waals surface area contributed by atoms with Crippen LogP contribution in [-0.2, 0) is 15.3 Å². The summed E-state index contributed by atoms with van der Waals surface area (Å²) in [5.74, 6) is -1.03. The van der Waals surface area contributed by atoms with Crippen molar-refractivity contribution in [2.75, 3.05) is 6.61 Å². The molecule has 0 bridgehead atoms. The van der Waals surface area contributed by atoms with Gasteiger partial charge < -0.3 is 9.47 Å². The molecule has 5 atom stereocenters. The Hall–Kier alpha value is -1.90. The zero-order valence-corrected chi connectivity index (χ0v) is 14.2. The highest BCUT2D eigenvalue weighted by molar-refractivity contribution is 8.00. The third-order valence-corrected chi connectivity index (χ3v) is 6.09. The second kappa shape index (κ2) is 6.12. The predicted octanol–water partition coefficient (Wildman–Crippen LogP) is 1.78. The zero-order chi connectivity index (χ0) is 17.6. The molecule has 25 heavy (non-hydrogen) atoms. The quantitative estimate of drug-likeness (QED) is 0.879. The van der Waals surface area contributed by atoms with E-state index in [4.69, 9.17) is 9.47 Å². The van der Waals surface area contributed by atoms with E-state index in [0.717, 1.165) is 5.56 Å². The number of nitrogens with zero attached hydrogens (tertiary/aromatic N) is 1. The first kappa shape index (κ1) is 16.6. The fourth-order valence-corrected chi connectivity index (χ4v) is 4.72. The molecule has 3 heterocycles. The van der Waals surface area contributed by atoms with Crippen molar-refractivity contribution in [3.05, 3.63) is 69.0 Å². The maximum Gasteiger partial charge on any atom is 0.329 e. The van der Waals surface area contributed by atoms with Gasteiger partial charge in [0.05, 0.1) is 11.9 Å². The molecule has 0 aliphatic carbocycles. The second-order valence-electron chi connectivity index (χ2n) is 6.23. The normalized spacial score (nSPS) is 34.6. The van der Waals surface area contributed by atoms with Crippen molar-refractivity contribution in [3.8, 4) is 0 Å². The number of aromatic amines is 1. The Kier molecular flexibility index (Phi) is 4.05. The molecular formula is C17H17FN2O4S. The Morgan fingerprint density at radius 3 is 2.76 bits per heavy atom. The largest absolute Gasteiger partial charge is 0.345 e. The summed E-state index contributed by atoms with van der Waals surface area (Å²) >= 11 is 1.29. The summed E-state index contributed by atoms with van der Waals surface area (Å²) in [7, 11) is 0. The number of thioether (sulfide) groups is 1. The zero-order valence-electron chi connectivity index (χ0n) is 13.4. The molecule has 1 aromatic carbocycles. The van der Waals surface area contributed by atoms with Crippen LogP contribution in [0.4, 0.5) is 4.39 Å². The fraction of sp³-hybridized carbons (Fsp3) is 0.412. The van der Waals surface area contributed by atoms with Crippen LogP contribution in [0.15, 0.2) is 52.2 Å². The summed E-state index contributed by atoms with van der Waals surface area (Å²) in [6, 6.07) is 10.6. The minimum absolute atomic E-state index is 0.226. The first-order chi connectivity index (χ1) is 12.0. The number of fused-ring (bicyclic) bond motifs is 1. The van der Waals surface area contributed by atoms with Crippen LogP contribution >= 0.6 is 11.8 Å². The fourth-order valence-electron chi connectivity index (χ4n) is 3.25. The number of alkyl halides is 1. The lowest BCUT2D eigenvalue weighted by atomic mass is 10.0. The highest BCUT2D eigenvalue weighted by atomic mass is 32.2. The second-order valence-corrected chi connectivity index (χ2v) is 7.59. The van der Waals surface area contributed by atoms with Gasteiger partial charge in [0.25, 0.3) is 5.56 Å². The summed E-state index contributed by atoms with van der Waals surface area (Å²) in [6.07, 6.45) is -0.779. The van der Waals surface area contributed by atoms with Gasteiger partial charge in [-0.05, 0) is 6.92 Å². The van der Waals surface area contributed by atoms with Crippen LogP contribution < -0.4 is 11.2 Å². The maximum absolute atomic E-state index is 15.1. The van der Waals surface area contributed by atoms with Crippen LogP contribution in [0.5, 0.6) is 0 Å². The van der Waals surface area contributed by atoms with Gasteiger partial charge in [-0.25, -0.2) is 9.18 Å². The van der Waals surface area contributed by atoms with Crippen molar-refractivity contribution >= 4 is 11.8 Å². The summed E-state index contributed by atoms with van der Waals surface area (Å²) in [6.45, 7) is 2.09. The first-order valence-electron chi connectivity index (χ1n) is 7.96. The smallest absolute Gasteiger partial charge is 0.329 e. The van der Waals surface area contributed by atoms with Gasteiger partial charge in [-0.3, -0.25) is 14.3 Å². The predicted molar refractivity (Wildman–Crippen MR) is 91.3 cm³/mol. The number of nitrogens with one attached hydrogen (secondary N) is 1. The number of aromatic nitrogens is 2. The summed E-state index contributed by atoms with van der Waals surface area (Å²) in [5, 5.41) is -0.989. The van der Waals surface area contributed by atoms with E-state index in [1.165, 1.54) is 28.6 Å². The van der Waals surface area contributed by atoms with E-state index >= 15 is 4.39 Å². The van der Waals surface area contributed by atoms with Crippen molar-refractivity contribution in [2.45, 2.75) is 35.6 Å². The third kappa shape index (κ3) is 2.84. The highest BCUT2D eigenvalue weighted by Crippen LogP contribution is 2.49. The van der Waals surface area contributed by atoms with Crippen LogP contribution in [0, 0.1) is 0 Å². The lowest BCUT2D eigenvalue weighted by molar-refractivity contribution is -0.296. The average Bonchev–Trinajstić information content (AvgIpc) is 2.92. The van der Waals surface area contributed by atoms with Crippen LogP contribution in [0.25, 0.3) is 0 Å². The molecule has 2 fully saturated rings. The van der Waals surface area contributed by atoms with Crippen molar-refractivity contribution < 1.29 is 13.9 Å². The number of hydrogen-bond acceptors (Lipinski definition) is 5. The van der Waals surface area contributed by atoms with Crippen molar-refractivity contribution in [3.63, 3.8) is 0 Å². The number of rotatable bonds is 2. The van der Waals surface area contributed by atoms with E-state index in [9.17, 15) is 9.59 Å². The Labute approximate surface area is 147 Å². The molecule has 0 saturated carbocycles. The van der Waals surface area contributed by atoms with Gasteiger partial charge in [0.15, 0.2) is 12.0 Å². The lowest BCUT2D eigenvalue weighted by Crippen LogP contribution is -2.48. The molecule has 1 N–H and O–H groups in total. The molecule has 0 radical (unpaired) electrons. The van der Waals surface area contributed by atoms with Crippen molar-refractivity contribution in [1.82, 2.24) is 9.55 Å². The Morgan fingerprint density at radius 2 is 2.04 bits per heavy atom. The molecule has 6 nitrogen and oxygen atoms in total. The minimum Gasteiger partial charge on any atom is -0.345 e. The third-order valence-electron chi connectivity index (χ3n) is 4.57. The summed E-state index contributed by atoms with van der Waals surface area (Å²) in [4.78, 5) is 25.4. The Morgan fingerprint density at radius 1 is 1.28 bits per heavy atom. The van der Waals surface area contributed by atoms with Gasteiger partial charge in [-0.1, -0.05) is 30.3 Å². The standard InChI is InChI=1S/C17H17FN2O4S/c1-17(10-5-3-2-4-6-10)23-9-11-14(24-17)13(18)15(25-11)20-8-7-12(21)19-16(20)22/h2-8,11,13-15H,9H2,1H3,(H,19,21,22)/t11-,13-,14-,15?,17?/m1/s1. The van der Waals surface area contributed by atoms with Gasteiger partial charge in [-0.2, -0.15) is 0 Å².